The van der Waals surface area contributed by atoms with Crippen LogP contribution < -0.4 is 10.1 Å². The summed E-state index contributed by atoms with van der Waals surface area (Å²) in [5.74, 6) is 2.00. The van der Waals surface area contributed by atoms with Crippen molar-refractivity contribution < 1.29 is 4.74 Å². The first-order chi connectivity index (χ1) is 8.81. The number of nitrogens with one attached hydrogen (secondary N) is 1. The number of methoxy groups -OCH3 is 1. The van der Waals surface area contributed by atoms with E-state index in [-0.39, 0.29) is 5.54 Å². The van der Waals surface area contributed by atoms with E-state index in [4.69, 9.17) is 9.73 Å². The van der Waals surface area contributed by atoms with Crippen LogP contribution in [-0.4, -0.2) is 23.6 Å². The maximum Gasteiger partial charge on any atom is 0.161 e. The minimum atomic E-state index is 0.231. The molecule has 2 aliphatic rings. The van der Waals surface area contributed by atoms with E-state index in [0.29, 0.717) is 0 Å². The van der Waals surface area contributed by atoms with E-state index in [9.17, 15) is 0 Å². The molecule has 1 saturated carbocycles. The summed E-state index contributed by atoms with van der Waals surface area (Å²) in [6, 6.07) is 7.98. The molecule has 4 heteroatoms. The molecule has 18 heavy (non-hydrogen) atoms. The van der Waals surface area contributed by atoms with Crippen molar-refractivity contribution in [3.05, 3.63) is 24.3 Å². The Labute approximate surface area is 112 Å². The lowest BCUT2D eigenvalue weighted by atomic mass is 10.0. The molecule has 1 aliphatic carbocycles. The molecule has 0 radical (unpaired) electrons. The van der Waals surface area contributed by atoms with Crippen LogP contribution in [0.1, 0.15) is 25.7 Å². The number of thioether (sulfide) groups is 1. The monoisotopic (exact) mass is 262 g/mol. The third-order valence-corrected chi connectivity index (χ3v) is 4.85. The van der Waals surface area contributed by atoms with Crippen LogP contribution >= 0.6 is 11.8 Å². The van der Waals surface area contributed by atoms with E-state index in [0.717, 1.165) is 22.4 Å². The average molecular weight is 262 g/mol. The van der Waals surface area contributed by atoms with Crippen molar-refractivity contribution in [3.8, 4) is 5.75 Å². The van der Waals surface area contributed by atoms with Crippen molar-refractivity contribution in [2.24, 2.45) is 4.99 Å². The van der Waals surface area contributed by atoms with Gasteiger partial charge in [-0.1, -0.05) is 36.7 Å². The van der Waals surface area contributed by atoms with Crippen LogP contribution in [0.4, 0.5) is 5.69 Å². The minimum Gasteiger partial charge on any atom is -0.495 e. The first-order valence-corrected chi connectivity index (χ1v) is 7.43. The molecular weight excluding hydrogens is 244 g/mol. The van der Waals surface area contributed by atoms with Crippen molar-refractivity contribution in [1.82, 2.24) is 0 Å². The highest BCUT2D eigenvalue weighted by Crippen LogP contribution is 2.41. The van der Waals surface area contributed by atoms with Gasteiger partial charge in [-0.2, -0.15) is 0 Å². The molecule has 0 atom stereocenters. The smallest absolute Gasteiger partial charge is 0.161 e. The van der Waals surface area contributed by atoms with Gasteiger partial charge in [-0.3, -0.25) is 4.99 Å². The molecule has 1 aromatic rings. The van der Waals surface area contributed by atoms with Crippen molar-refractivity contribution in [3.63, 3.8) is 0 Å². The van der Waals surface area contributed by atoms with Crippen molar-refractivity contribution in [2.75, 3.05) is 18.2 Å². The average Bonchev–Trinajstić information content (AvgIpc) is 3.01. The third-order valence-electron chi connectivity index (χ3n) is 3.70. The number of rotatable bonds is 2. The van der Waals surface area contributed by atoms with Gasteiger partial charge in [-0.05, 0) is 25.0 Å². The Bertz CT molecular complexity index is 467. The summed E-state index contributed by atoms with van der Waals surface area (Å²) >= 11 is 1.84. The Hall–Kier alpha value is -1.16. The summed E-state index contributed by atoms with van der Waals surface area (Å²) in [5, 5.41) is 4.44. The van der Waals surface area contributed by atoms with E-state index in [1.807, 2.05) is 36.0 Å². The zero-order chi connectivity index (χ0) is 12.4. The Morgan fingerprint density at radius 2 is 2.06 bits per heavy atom. The fourth-order valence-electron chi connectivity index (χ4n) is 2.70. The predicted molar refractivity (Wildman–Crippen MR) is 77.7 cm³/mol. The molecular formula is C14H18N2OS. The van der Waals surface area contributed by atoms with Gasteiger partial charge in [0.2, 0.25) is 0 Å². The second-order valence-corrected chi connectivity index (χ2v) is 5.93. The number of hydrogen-bond donors (Lipinski definition) is 1. The molecule has 1 spiro atoms. The molecule has 3 rings (SSSR count). The van der Waals surface area contributed by atoms with Gasteiger partial charge in [-0.25, -0.2) is 0 Å². The van der Waals surface area contributed by atoms with Crippen LogP contribution in [0, 0.1) is 0 Å². The molecule has 0 bridgehead atoms. The number of benzene rings is 1. The van der Waals surface area contributed by atoms with Crippen molar-refractivity contribution >= 4 is 22.6 Å². The Morgan fingerprint density at radius 1 is 1.28 bits per heavy atom. The number of anilines is 1. The van der Waals surface area contributed by atoms with Crippen molar-refractivity contribution in [1.29, 1.82) is 0 Å². The van der Waals surface area contributed by atoms with Crippen LogP contribution in [0.2, 0.25) is 0 Å². The number of para-hydroxylation sites is 2. The van der Waals surface area contributed by atoms with Crippen LogP contribution in [0.3, 0.4) is 0 Å². The molecule has 1 fully saturated rings. The number of hydrogen-bond acceptors (Lipinski definition) is 4. The lowest BCUT2D eigenvalue weighted by molar-refractivity contribution is 0.417. The predicted octanol–water partition coefficient (Wildman–Crippen LogP) is 3.52. The van der Waals surface area contributed by atoms with Crippen LogP contribution in [-0.2, 0) is 0 Å². The Morgan fingerprint density at radius 3 is 2.83 bits per heavy atom. The van der Waals surface area contributed by atoms with E-state index < -0.39 is 0 Å². The second-order valence-electron chi connectivity index (χ2n) is 4.96. The van der Waals surface area contributed by atoms with Gasteiger partial charge in [-0.15, -0.1) is 0 Å². The fraction of sp³-hybridized carbons (Fsp3) is 0.500. The van der Waals surface area contributed by atoms with Gasteiger partial charge < -0.3 is 10.1 Å². The molecule has 0 amide bonds. The maximum atomic E-state index is 5.35. The summed E-state index contributed by atoms with van der Waals surface area (Å²) in [6.07, 6.45) is 5.15. The quantitative estimate of drug-likeness (QED) is 0.885. The van der Waals surface area contributed by atoms with Crippen molar-refractivity contribution in [2.45, 2.75) is 31.2 Å². The lowest BCUT2D eigenvalue weighted by Crippen LogP contribution is -2.21. The number of nitrogens with zero attached hydrogens (tertiary/aromatic N) is 1. The van der Waals surface area contributed by atoms with E-state index in [1.54, 1.807) is 7.11 Å². The third kappa shape index (κ3) is 2.21. The topological polar surface area (TPSA) is 33.6 Å². The molecule has 0 aromatic heterocycles. The highest BCUT2D eigenvalue weighted by atomic mass is 32.2. The van der Waals surface area contributed by atoms with Crippen LogP contribution in [0.5, 0.6) is 5.75 Å². The van der Waals surface area contributed by atoms with E-state index in [2.05, 4.69) is 5.32 Å². The summed E-state index contributed by atoms with van der Waals surface area (Å²) in [7, 11) is 1.70. The zero-order valence-electron chi connectivity index (χ0n) is 10.6. The van der Waals surface area contributed by atoms with Gasteiger partial charge in [0.1, 0.15) is 5.75 Å². The summed E-state index contributed by atoms with van der Waals surface area (Å²) in [5.41, 5.74) is 1.23. The molecule has 96 valence electrons. The van der Waals surface area contributed by atoms with E-state index in [1.165, 1.54) is 25.7 Å². The van der Waals surface area contributed by atoms with Gasteiger partial charge in [0.05, 0.1) is 18.3 Å². The van der Waals surface area contributed by atoms with Gasteiger partial charge in [0, 0.05) is 5.75 Å². The molecule has 1 aromatic carbocycles. The normalized spacial score (nSPS) is 21.1. The molecule has 0 saturated heterocycles. The highest BCUT2D eigenvalue weighted by molar-refractivity contribution is 8.14. The maximum absolute atomic E-state index is 5.35. The largest absolute Gasteiger partial charge is 0.495 e. The molecule has 3 nitrogen and oxygen atoms in total. The minimum absolute atomic E-state index is 0.231. The highest BCUT2D eigenvalue weighted by Gasteiger charge is 2.38. The number of amidine groups is 1. The summed E-state index contributed by atoms with van der Waals surface area (Å²) < 4.78 is 5.35. The summed E-state index contributed by atoms with van der Waals surface area (Å²) in [4.78, 5) is 4.90. The molecule has 1 N–H and O–H groups in total. The van der Waals surface area contributed by atoms with Gasteiger partial charge in [0.25, 0.3) is 0 Å². The zero-order valence-corrected chi connectivity index (χ0v) is 11.4. The summed E-state index contributed by atoms with van der Waals surface area (Å²) in [6.45, 7) is 0. The number of aliphatic imine (C=N–C) groups is 1. The second kappa shape index (κ2) is 4.84. The van der Waals surface area contributed by atoms with Gasteiger partial charge in [0.15, 0.2) is 5.17 Å². The lowest BCUT2D eigenvalue weighted by Gasteiger charge is -2.16. The van der Waals surface area contributed by atoms with E-state index >= 15 is 0 Å². The standard InChI is InChI=1S/C14H18N2OS/c1-17-12-7-3-2-6-11(12)15-13-16-14(10-18-13)8-4-5-9-14/h2-3,6-7H,4-5,8-10H2,1H3,(H,15,16). The molecule has 1 heterocycles. The molecule has 0 unspecified atom stereocenters. The molecule has 1 aliphatic heterocycles. The first-order valence-electron chi connectivity index (χ1n) is 6.44. The van der Waals surface area contributed by atoms with Crippen LogP contribution in [0.15, 0.2) is 29.3 Å². The van der Waals surface area contributed by atoms with Crippen LogP contribution in [0.25, 0.3) is 0 Å². The Kier molecular flexibility index (Phi) is 3.20. The first kappa shape index (κ1) is 11.9. The number of ether oxygens (including phenoxy) is 1. The SMILES string of the molecule is COc1ccccc1NC1=NC2(CCCC2)CS1. The fourth-order valence-corrected chi connectivity index (χ4v) is 3.90. The Balaban J connectivity index is 1.77. The van der Waals surface area contributed by atoms with Gasteiger partial charge >= 0.3 is 0 Å².